The van der Waals surface area contributed by atoms with Crippen LogP contribution in [0.25, 0.3) is 0 Å². The zero-order valence-electron chi connectivity index (χ0n) is 18.2. The first-order valence-electron chi connectivity index (χ1n) is 10.7. The number of guanidine groups is 1. The summed E-state index contributed by atoms with van der Waals surface area (Å²) in [7, 11) is -1.02. The van der Waals surface area contributed by atoms with Crippen LogP contribution in [0.1, 0.15) is 26.7 Å². The van der Waals surface area contributed by atoms with Gasteiger partial charge in [0.1, 0.15) is 0 Å². The van der Waals surface area contributed by atoms with Crippen molar-refractivity contribution in [3.05, 3.63) is 0 Å². The largest absolute Gasteiger partial charge is 0.379 e. The number of hydrogen-bond donors (Lipinski definition) is 2. The lowest BCUT2D eigenvalue weighted by molar-refractivity contribution is 0.00272. The Kier molecular flexibility index (Phi) is 13.0. The van der Waals surface area contributed by atoms with E-state index in [0.29, 0.717) is 25.0 Å². The molecule has 2 rings (SSSR count). The smallest absolute Gasteiger partial charge is 0.191 e. The number of rotatable bonds is 9. The van der Waals surface area contributed by atoms with Gasteiger partial charge < -0.3 is 15.4 Å². The molecule has 0 saturated carbocycles. The van der Waals surface area contributed by atoms with Gasteiger partial charge in [-0.2, -0.15) is 0 Å². The summed E-state index contributed by atoms with van der Waals surface area (Å²) in [5, 5.41) is 6.88. The lowest BCUT2D eigenvalue weighted by atomic mass is 9.92. The molecule has 10 heteroatoms. The van der Waals surface area contributed by atoms with Crippen LogP contribution in [-0.2, 0) is 14.6 Å². The van der Waals surface area contributed by atoms with Crippen molar-refractivity contribution < 1.29 is 13.2 Å². The minimum atomic E-state index is -2.82. The molecule has 2 aliphatic heterocycles. The van der Waals surface area contributed by atoms with Gasteiger partial charge in [0.2, 0.25) is 0 Å². The quantitative estimate of drug-likeness (QED) is 0.250. The molecule has 0 spiro atoms. The molecule has 172 valence electrons. The third-order valence-electron chi connectivity index (χ3n) is 5.97. The van der Waals surface area contributed by atoms with Gasteiger partial charge in [0.05, 0.1) is 24.7 Å². The molecular weight excluding hydrogens is 505 g/mol. The summed E-state index contributed by atoms with van der Waals surface area (Å²) in [6, 6.07) is 0.477. The van der Waals surface area contributed by atoms with Gasteiger partial charge in [0, 0.05) is 58.9 Å². The number of aliphatic imine (C=N–C) groups is 1. The second-order valence-electron chi connectivity index (χ2n) is 7.67. The summed E-state index contributed by atoms with van der Waals surface area (Å²) < 4.78 is 28.6. The van der Waals surface area contributed by atoms with E-state index in [1.807, 2.05) is 0 Å². The van der Waals surface area contributed by atoms with Crippen LogP contribution in [0.2, 0.25) is 0 Å². The highest BCUT2D eigenvalue weighted by Crippen LogP contribution is 2.19. The van der Waals surface area contributed by atoms with Gasteiger partial charge in [-0.3, -0.25) is 14.8 Å². The predicted molar refractivity (Wildman–Crippen MR) is 130 cm³/mol. The topological polar surface area (TPSA) is 86.3 Å². The van der Waals surface area contributed by atoms with E-state index in [1.54, 1.807) is 7.05 Å². The Morgan fingerprint density at radius 1 is 1.07 bits per heavy atom. The molecule has 0 bridgehead atoms. The van der Waals surface area contributed by atoms with Crippen LogP contribution in [0, 0.1) is 5.92 Å². The Hall–Kier alpha value is -0.170. The molecule has 0 aliphatic carbocycles. The predicted octanol–water partition coefficient (Wildman–Crippen LogP) is 0.637. The molecule has 2 N–H and O–H groups in total. The molecule has 0 aromatic carbocycles. The van der Waals surface area contributed by atoms with Crippen molar-refractivity contribution in [2.24, 2.45) is 10.9 Å². The van der Waals surface area contributed by atoms with Gasteiger partial charge in [-0.15, -0.1) is 24.0 Å². The summed E-state index contributed by atoms with van der Waals surface area (Å²) >= 11 is 0. The SMILES string of the molecule is CCC(CC)C(CNC(=NC)NCCN1CCS(=O)(=O)CC1)N1CCOCC1.I. The van der Waals surface area contributed by atoms with Crippen LogP contribution in [-0.4, -0.2) is 108 Å². The first-order chi connectivity index (χ1) is 13.5. The second-order valence-corrected chi connectivity index (χ2v) is 9.97. The fourth-order valence-electron chi connectivity index (χ4n) is 4.06. The molecule has 1 atom stereocenters. The van der Waals surface area contributed by atoms with E-state index in [1.165, 1.54) is 12.8 Å². The first-order valence-corrected chi connectivity index (χ1v) is 12.5. The average Bonchev–Trinajstić information content (AvgIpc) is 2.71. The van der Waals surface area contributed by atoms with Gasteiger partial charge in [0.25, 0.3) is 0 Å². The molecule has 1 unspecified atom stereocenters. The fraction of sp³-hybridized carbons (Fsp3) is 0.947. The zero-order valence-corrected chi connectivity index (χ0v) is 21.4. The Bertz CT molecular complexity index is 566. The molecule has 29 heavy (non-hydrogen) atoms. The first kappa shape index (κ1) is 26.9. The fourth-order valence-corrected chi connectivity index (χ4v) is 5.34. The van der Waals surface area contributed by atoms with Crippen LogP contribution in [0.15, 0.2) is 4.99 Å². The van der Waals surface area contributed by atoms with E-state index in [2.05, 4.69) is 39.3 Å². The van der Waals surface area contributed by atoms with Gasteiger partial charge in [-0.1, -0.05) is 26.7 Å². The minimum absolute atomic E-state index is 0. The second kappa shape index (κ2) is 14.0. The number of nitrogens with one attached hydrogen (secondary N) is 2. The number of hydrogen-bond acceptors (Lipinski definition) is 6. The van der Waals surface area contributed by atoms with Gasteiger partial charge in [0.15, 0.2) is 15.8 Å². The monoisotopic (exact) mass is 545 g/mol. The number of nitrogens with zero attached hydrogens (tertiary/aromatic N) is 3. The Labute approximate surface area is 194 Å². The van der Waals surface area contributed by atoms with Crippen LogP contribution in [0.3, 0.4) is 0 Å². The van der Waals surface area contributed by atoms with E-state index in [9.17, 15) is 8.42 Å². The third-order valence-corrected chi connectivity index (χ3v) is 7.58. The maximum absolute atomic E-state index is 11.5. The highest BCUT2D eigenvalue weighted by atomic mass is 127. The molecule has 8 nitrogen and oxygen atoms in total. The minimum Gasteiger partial charge on any atom is -0.379 e. The van der Waals surface area contributed by atoms with Crippen LogP contribution < -0.4 is 10.6 Å². The normalized spacial score (nSPS) is 22.1. The summed E-state index contributed by atoms with van der Waals surface area (Å²) in [6.45, 7) is 11.9. The number of sulfone groups is 1. The molecule has 2 heterocycles. The summed E-state index contributed by atoms with van der Waals surface area (Å²) in [4.78, 5) is 9.11. The number of ether oxygens (including phenoxy) is 1. The molecule has 0 aromatic heterocycles. The lowest BCUT2D eigenvalue weighted by Crippen LogP contribution is -2.53. The van der Waals surface area contributed by atoms with Crippen molar-refractivity contribution in [2.75, 3.05) is 77.6 Å². The molecule has 0 amide bonds. The van der Waals surface area contributed by atoms with Gasteiger partial charge in [-0.05, 0) is 5.92 Å². The summed E-state index contributed by atoms with van der Waals surface area (Å²) in [6.07, 6.45) is 2.34. The van der Waals surface area contributed by atoms with E-state index >= 15 is 0 Å². The van der Waals surface area contributed by atoms with Crippen LogP contribution in [0.5, 0.6) is 0 Å². The molecule has 2 aliphatic rings. The number of morpholine rings is 1. The standard InChI is InChI=1S/C19H39N5O3S.HI/c1-4-17(5-2)18(24-8-12-27-13-9-24)16-22-19(20-3)21-6-7-23-10-14-28(25,26)15-11-23;/h17-18H,4-16H2,1-3H3,(H2,20,21,22);1H. The maximum Gasteiger partial charge on any atom is 0.191 e. The van der Waals surface area contributed by atoms with Gasteiger partial charge in [-0.25, -0.2) is 8.42 Å². The van der Waals surface area contributed by atoms with Crippen molar-refractivity contribution in [1.82, 2.24) is 20.4 Å². The van der Waals surface area contributed by atoms with Gasteiger partial charge >= 0.3 is 0 Å². The Morgan fingerprint density at radius 2 is 1.69 bits per heavy atom. The van der Waals surface area contributed by atoms with Crippen molar-refractivity contribution >= 4 is 39.8 Å². The molecule has 2 fully saturated rings. The Morgan fingerprint density at radius 3 is 2.24 bits per heavy atom. The Balaban J connectivity index is 0.00000420. The summed E-state index contributed by atoms with van der Waals surface area (Å²) in [5.41, 5.74) is 0. The van der Waals surface area contributed by atoms with E-state index < -0.39 is 9.84 Å². The highest BCUT2D eigenvalue weighted by molar-refractivity contribution is 14.0. The average molecular weight is 546 g/mol. The van der Waals surface area contributed by atoms with E-state index in [4.69, 9.17) is 4.74 Å². The van der Waals surface area contributed by atoms with Crippen molar-refractivity contribution in [1.29, 1.82) is 0 Å². The van der Waals surface area contributed by atoms with E-state index in [-0.39, 0.29) is 35.5 Å². The zero-order chi connectivity index (χ0) is 20.4. The lowest BCUT2D eigenvalue weighted by Gasteiger charge is -2.39. The van der Waals surface area contributed by atoms with Crippen molar-refractivity contribution in [3.8, 4) is 0 Å². The molecular formula is C19H40IN5O3S. The van der Waals surface area contributed by atoms with Crippen LogP contribution >= 0.6 is 24.0 Å². The maximum atomic E-state index is 11.5. The van der Waals surface area contributed by atoms with Crippen molar-refractivity contribution in [3.63, 3.8) is 0 Å². The van der Waals surface area contributed by atoms with Crippen LogP contribution in [0.4, 0.5) is 0 Å². The van der Waals surface area contributed by atoms with Crippen molar-refractivity contribution in [2.45, 2.75) is 32.7 Å². The molecule has 0 radical (unpaired) electrons. The molecule has 0 aromatic rings. The summed E-state index contributed by atoms with van der Waals surface area (Å²) in [5.74, 6) is 2.01. The number of halogens is 1. The molecule has 2 saturated heterocycles. The van der Waals surface area contributed by atoms with E-state index in [0.717, 1.165) is 51.9 Å². The highest BCUT2D eigenvalue weighted by Gasteiger charge is 2.27. The third kappa shape index (κ3) is 9.24.